The summed E-state index contributed by atoms with van der Waals surface area (Å²) in [5.74, 6) is 0. The molecule has 30 aromatic rings. The van der Waals surface area contributed by atoms with Gasteiger partial charge in [0.1, 0.15) is 67.0 Å². The van der Waals surface area contributed by atoms with E-state index in [1.54, 1.807) is 0 Å². The highest BCUT2D eigenvalue weighted by atomic mass is 16.3. The van der Waals surface area contributed by atoms with Crippen LogP contribution in [0.3, 0.4) is 0 Å². The Morgan fingerprint density at radius 3 is 0.924 bits per heavy atom. The summed E-state index contributed by atoms with van der Waals surface area (Å²) in [6.45, 7) is 0. The van der Waals surface area contributed by atoms with Crippen LogP contribution in [0.25, 0.3) is 196 Å². The lowest BCUT2D eigenvalue weighted by atomic mass is 9.96. The molecule has 0 saturated carbocycles. The van der Waals surface area contributed by atoms with Crippen LogP contribution in [0.4, 0.5) is 56.9 Å². The van der Waals surface area contributed by atoms with Gasteiger partial charge >= 0.3 is 0 Å². The molecule has 24 aromatic carbocycles. The summed E-state index contributed by atoms with van der Waals surface area (Å²) < 4.78 is 36.2. The largest absolute Gasteiger partial charge is 0.456 e. The lowest BCUT2D eigenvalue weighted by Gasteiger charge is -2.11. The maximum atomic E-state index is 6.10. The number of benzene rings is 24. The first kappa shape index (κ1) is 86.2. The van der Waals surface area contributed by atoms with E-state index in [4.69, 9.17) is 26.5 Å². The fourth-order valence-electron chi connectivity index (χ4n) is 20.3. The molecule has 6 heterocycles. The zero-order chi connectivity index (χ0) is 95.6. The van der Waals surface area contributed by atoms with Crippen LogP contribution in [0.1, 0.15) is 11.1 Å². The Morgan fingerprint density at radius 2 is 0.410 bits per heavy atom. The molecule has 684 valence electrons. The second-order valence-corrected chi connectivity index (χ2v) is 36.0. The average molecular weight is 1860 g/mol. The van der Waals surface area contributed by atoms with Crippen molar-refractivity contribution in [3.63, 3.8) is 0 Å². The van der Waals surface area contributed by atoms with Gasteiger partial charge in [-0.2, -0.15) is 0 Å². The zero-order valence-electron chi connectivity index (χ0n) is 78.2. The first-order valence-corrected chi connectivity index (χ1v) is 48.5. The van der Waals surface area contributed by atoms with Crippen LogP contribution in [0.15, 0.2) is 536 Å². The van der Waals surface area contributed by atoms with Crippen molar-refractivity contribution in [3.8, 4) is 0 Å². The van der Waals surface area contributed by atoms with Gasteiger partial charge in [0.15, 0.2) is 0 Å². The van der Waals surface area contributed by atoms with E-state index in [-0.39, 0.29) is 0 Å². The van der Waals surface area contributed by atoms with Gasteiger partial charge in [-0.3, -0.25) is 0 Å². The molecule has 6 aromatic heterocycles. The minimum Gasteiger partial charge on any atom is -0.456 e. The number of hydrogen-bond donors (Lipinski definition) is 5. The van der Waals surface area contributed by atoms with Crippen molar-refractivity contribution >= 4 is 253 Å². The molecule has 0 bridgehead atoms. The summed E-state index contributed by atoms with van der Waals surface area (Å²) in [5, 5.41) is 46.2. The molecule has 0 aliphatic rings. The van der Waals surface area contributed by atoms with E-state index in [1.165, 1.54) is 119 Å². The standard InChI is InChI=1S/C23H16O.5C22H15NO/c1-2-7-16(8-3-1)15-17-9-6-11-19-18(17)13-14-22-23(19)20-10-4-5-12-21(20)24-22;1-2-8-16(9-3-1)23-18-11-6-7-15-13-14-20-22(21(15)18)17-10-4-5-12-19(17)24-20;1-2-8-16(9-3-1)23-18-11-6-12-19-22(18)21-17-10-5-4-7-15(17)13-14-20(21)24-19;1-2-7-16(8-3-1)23-17-11-13-20-19(14-17)22-18-9-5-4-6-15(18)10-12-21(22)24-20;1-2-6-16(7-3-1)23-17-11-12-18-15(14-17)10-13-21-22(18)19-8-4-5-9-20(19)24-21;1-2-6-16(7-3-1)23-17-12-10-15-11-13-21-22(19(15)14-17)18-8-4-5-9-20(18)24-21/h1-14H,15H2;5*1-14,23H. The molecule has 0 atom stereocenters. The second-order valence-electron chi connectivity index (χ2n) is 36.0. The van der Waals surface area contributed by atoms with E-state index in [9.17, 15) is 0 Å². The normalized spacial score (nSPS) is 11.4. The topological polar surface area (TPSA) is 139 Å². The fourth-order valence-corrected chi connectivity index (χ4v) is 20.3. The van der Waals surface area contributed by atoms with E-state index in [0.29, 0.717) is 0 Å². The molecule has 0 unspecified atom stereocenters. The van der Waals surface area contributed by atoms with Crippen LogP contribution in [0.2, 0.25) is 0 Å². The molecule has 11 nitrogen and oxygen atoms in total. The van der Waals surface area contributed by atoms with Crippen molar-refractivity contribution in [3.05, 3.63) is 521 Å². The van der Waals surface area contributed by atoms with E-state index in [1.807, 2.05) is 158 Å². The Hall–Kier alpha value is -19.4. The number of para-hydroxylation sites is 9. The van der Waals surface area contributed by atoms with Crippen molar-refractivity contribution in [2.24, 2.45) is 0 Å². The van der Waals surface area contributed by atoms with Gasteiger partial charge in [0, 0.05) is 116 Å². The van der Waals surface area contributed by atoms with Gasteiger partial charge in [-0.25, -0.2) is 0 Å². The van der Waals surface area contributed by atoms with Crippen LogP contribution in [0.5, 0.6) is 0 Å². The van der Waals surface area contributed by atoms with Crippen LogP contribution in [-0.4, -0.2) is 0 Å². The summed E-state index contributed by atoms with van der Waals surface area (Å²) in [4.78, 5) is 0. The van der Waals surface area contributed by atoms with Gasteiger partial charge < -0.3 is 53.1 Å². The number of anilines is 10. The van der Waals surface area contributed by atoms with E-state index < -0.39 is 0 Å². The number of rotatable bonds is 12. The van der Waals surface area contributed by atoms with Gasteiger partial charge in [0.05, 0.1) is 11.1 Å². The van der Waals surface area contributed by atoms with Gasteiger partial charge in [0.2, 0.25) is 0 Å². The lowest BCUT2D eigenvalue weighted by molar-refractivity contribution is 0.669. The summed E-state index contributed by atoms with van der Waals surface area (Å²) in [6, 6.07) is 175. The van der Waals surface area contributed by atoms with E-state index >= 15 is 0 Å². The smallest absolute Gasteiger partial charge is 0.137 e. The van der Waals surface area contributed by atoms with E-state index in [2.05, 4.69) is 378 Å². The van der Waals surface area contributed by atoms with Crippen molar-refractivity contribution in [2.45, 2.75) is 6.42 Å². The van der Waals surface area contributed by atoms with Gasteiger partial charge in [-0.05, 0) is 259 Å². The Morgan fingerprint density at radius 1 is 0.132 bits per heavy atom. The monoisotopic (exact) mass is 1850 g/mol. The molecule has 30 rings (SSSR count). The van der Waals surface area contributed by atoms with E-state index in [0.717, 1.165) is 152 Å². The predicted octanol–water partition coefficient (Wildman–Crippen LogP) is 38.7. The van der Waals surface area contributed by atoms with Gasteiger partial charge in [-0.15, -0.1) is 0 Å². The second kappa shape index (κ2) is 38.2. The number of fused-ring (bicyclic) bond motifs is 30. The molecule has 0 aliphatic heterocycles. The highest BCUT2D eigenvalue weighted by Gasteiger charge is 2.21. The highest BCUT2D eigenvalue weighted by Crippen LogP contribution is 2.46. The third-order valence-electron chi connectivity index (χ3n) is 26.9. The Labute approximate surface area is 827 Å². The van der Waals surface area contributed by atoms with Crippen molar-refractivity contribution in [2.75, 3.05) is 26.6 Å². The molecule has 144 heavy (non-hydrogen) atoms. The predicted molar refractivity (Wildman–Crippen MR) is 605 cm³/mol. The van der Waals surface area contributed by atoms with Gasteiger partial charge in [-0.1, -0.05) is 328 Å². The number of nitrogens with one attached hydrogen (secondary N) is 5. The molecular formula is C133H91N5O6. The van der Waals surface area contributed by atoms with Crippen LogP contribution in [0, 0.1) is 0 Å². The molecule has 0 aliphatic carbocycles. The molecule has 0 fully saturated rings. The summed E-state index contributed by atoms with van der Waals surface area (Å²) in [5.41, 5.74) is 24.6. The Kier molecular flexibility index (Phi) is 22.9. The minimum absolute atomic E-state index is 0.905. The number of hydrogen-bond acceptors (Lipinski definition) is 11. The maximum Gasteiger partial charge on any atom is 0.137 e. The summed E-state index contributed by atoms with van der Waals surface area (Å²) in [6.07, 6.45) is 0.944. The average Bonchev–Trinajstić information content (AvgIpc) is 1.55. The molecule has 0 saturated heterocycles. The quantitative estimate of drug-likeness (QED) is 0.0799. The van der Waals surface area contributed by atoms with Gasteiger partial charge in [0.25, 0.3) is 0 Å². The third kappa shape index (κ3) is 17.1. The van der Waals surface area contributed by atoms with Crippen LogP contribution in [-0.2, 0) is 6.42 Å². The Balaban J connectivity index is 0.0000000905. The fraction of sp³-hybridized carbons (Fsp3) is 0.00752. The lowest BCUT2D eigenvalue weighted by Crippen LogP contribution is -1.91. The summed E-state index contributed by atoms with van der Waals surface area (Å²) in [7, 11) is 0. The molecule has 0 amide bonds. The number of furan rings is 6. The highest BCUT2D eigenvalue weighted by molar-refractivity contribution is 6.27. The van der Waals surface area contributed by atoms with Crippen LogP contribution >= 0.6 is 0 Å². The summed E-state index contributed by atoms with van der Waals surface area (Å²) >= 11 is 0. The Bertz CT molecular complexity index is 9870. The first-order chi connectivity index (χ1) is 71.3. The minimum atomic E-state index is 0.905. The SMILES string of the molecule is c1ccc(Cc2cccc3c2ccc2oc4ccccc4c23)cc1.c1ccc(Nc2ccc3c(ccc4oc5ccccc5c43)c2)cc1.c1ccc(Nc2ccc3ccc4oc5ccccc5c4c3c2)cc1.c1ccc(Nc2ccc3oc4ccc5ccccc5c4c3c2)cc1.c1ccc(Nc2cccc3ccc4oc5ccccc5c4c23)cc1.c1ccc(Nc2cccc3oc4ccc5ccccc5c4c23)cc1. The molecule has 0 radical (unpaired) electrons. The molecular weight excluding hydrogens is 1760 g/mol. The molecule has 11 heteroatoms. The molecule has 5 N–H and O–H groups in total. The van der Waals surface area contributed by atoms with Crippen molar-refractivity contribution < 1.29 is 26.5 Å². The molecule has 0 spiro atoms. The zero-order valence-corrected chi connectivity index (χ0v) is 78.2. The maximum absolute atomic E-state index is 6.10. The first-order valence-electron chi connectivity index (χ1n) is 48.5. The van der Waals surface area contributed by atoms with Crippen molar-refractivity contribution in [1.29, 1.82) is 0 Å². The van der Waals surface area contributed by atoms with Crippen LogP contribution < -0.4 is 26.6 Å². The van der Waals surface area contributed by atoms with Crippen molar-refractivity contribution in [1.82, 2.24) is 0 Å². The third-order valence-corrected chi connectivity index (χ3v) is 26.9.